The van der Waals surface area contributed by atoms with E-state index in [1.165, 1.54) is 6.42 Å². The maximum absolute atomic E-state index is 13.1. The van der Waals surface area contributed by atoms with E-state index < -0.39 is 5.92 Å². The predicted molar refractivity (Wildman–Crippen MR) is 74.6 cm³/mol. The minimum atomic E-state index is -2.56. The molecule has 2 saturated carbocycles. The van der Waals surface area contributed by atoms with Crippen molar-refractivity contribution in [3.05, 3.63) is 0 Å². The molecule has 2 atom stereocenters. The number of halogens is 3. The molecular formula is C14H22BrF2NO. The van der Waals surface area contributed by atoms with E-state index in [0.29, 0.717) is 18.8 Å². The number of hydrogen-bond donors (Lipinski definition) is 1. The third-order valence-electron chi connectivity index (χ3n) is 4.52. The van der Waals surface area contributed by atoms with Crippen LogP contribution in [0, 0.1) is 11.8 Å². The van der Waals surface area contributed by atoms with Crippen LogP contribution in [0.5, 0.6) is 0 Å². The van der Waals surface area contributed by atoms with Crippen LogP contribution < -0.4 is 5.32 Å². The quantitative estimate of drug-likeness (QED) is 0.778. The van der Waals surface area contributed by atoms with E-state index in [1.807, 2.05) is 0 Å². The zero-order valence-corrected chi connectivity index (χ0v) is 12.7. The van der Waals surface area contributed by atoms with Gasteiger partial charge in [-0.3, -0.25) is 4.79 Å². The van der Waals surface area contributed by atoms with Crippen molar-refractivity contribution in [3.63, 3.8) is 0 Å². The van der Waals surface area contributed by atoms with Crippen LogP contribution in [0.3, 0.4) is 0 Å². The second-order valence-electron chi connectivity index (χ2n) is 5.94. The summed E-state index contributed by atoms with van der Waals surface area (Å²) in [6.07, 6.45) is 4.89. The Kier molecular flexibility index (Phi) is 5.21. The van der Waals surface area contributed by atoms with Gasteiger partial charge in [-0.1, -0.05) is 28.8 Å². The first-order valence-corrected chi connectivity index (χ1v) is 8.38. The molecule has 0 aromatic heterocycles. The Labute approximate surface area is 121 Å². The largest absolute Gasteiger partial charge is 0.353 e. The topological polar surface area (TPSA) is 29.1 Å². The molecule has 2 aliphatic rings. The van der Waals surface area contributed by atoms with Crippen LogP contribution in [-0.4, -0.2) is 23.2 Å². The van der Waals surface area contributed by atoms with Gasteiger partial charge in [-0.15, -0.1) is 0 Å². The van der Waals surface area contributed by atoms with Gasteiger partial charge in [0, 0.05) is 30.1 Å². The fraction of sp³-hybridized carbons (Fsp3) is 0.929. The predicted octanol–water partition coefficient (Wildman–Crippen LogP) is 3.88. The van der Waals surface area contributed by atoms with Crippen LogP contribution in [0.25, 0.3) is 0 Å². The Morgan fingerprint density at radius 2 is 1.79 bits per heavy atom. The monoisotopic (exact) mass is 337 g/mol. The highest BCUT2D eigenvalue weighted by molar-refractivity contribution is 9.09. The van der Waals surface area contributed by atoms with Crippen molar-refractivity contribution in [2.45, 2.75) is 63.3 Å². The highest BCUT2D eigenvalue weighted by Gasteiger charge is 2.38. The first kappa shape index (κ1) is 15.2. The Bertz CT molecular complexity index is 315. The van der Waals surface area contributed by atoms with E-state index in [4.69, 9.17) is 0 Å². The zero-order valence-electron chi connectivity index (χ0n) is 11.1. The van der Waals surface area contributed by atoms with Gasteiger partial charge in [0.25, 0.3) is 0 Å². The first-order valence-electron chi connectivity index (χ1n) is 7.26. The number of carbonyl (C=O) groups excluding carboxylic acids is 1. The average Bonchev–Trinajstić information content (AvgIpc) is 2.39. The summed E-state index contributed by atoms with van der Waals surface area (Å²) in [6, 6.07) is 0.225. The van der Waals surface area contributed by atoms with Crippen LogP contribution >= 0.6 is 15.9 Å². The second kappa shape index (κ2) is 6.51. The van der Waals surface area contributed by atoms with Gasteiger partial charge in [-0.2, -0.15) is 0 Å². The average molecular weight is 338 g/mol. The summed E-state index contributed by atoms with van der Waals surface area (Å²) in [6.45, 7) is 0. The van der Waals surface area contributed by atoms with Gasteiger partial charge in [0.05, 0.1) is 0 Å². The molecule has 0 spiro atoms. The van der Waals surface area contributed by atoms with Crippen molar-refractivity contribution in [1.82, 2.24) is 5.32 Å². The van der Waals surface area contributed by atoms with Gasteiger partial charge in [0.15, 0.2) is 0 Å². The molecule has 0 bridgehead atoms. The van der Waals surface area contributed by atoms with Gasteiger partial charge in [-0.25, -0.2) is 8.78 Å². The van der Waals surface area contributed by atoms with Gasteiger partial charge in [0.1, 0.15) is 0 Å². The molecule has 110 valence electrons. The summed E-state index contributed by atoms with van der Waals surface area (Å²) in [5.74, 6) is -2.28. The van der Waals surface area contributed by atoms with Crippen molar-refractivity contribution >= 4 is 21.8 Å². The van der Waals surface area contributed by atoms with E-state index in [1.54, 1.807) is 0 Å². The molecule has 19 heavy (non-hydrogen) atoms. The number of alkyl halides is 3. The van der Waals surface area contributed by atoms with Crippen LogP contribution in [-0.2, 0) is 4.79 Å². The van der Waals surface area contributed by atoms with Crippen LogP contribution in [0.15, 0.2) is 0 Å². The summed E-state index contributed by atoms with van der Waals surface area (Å²) in [4.78, 5) is 12.2. The Morgan fingerprint density at radius 1 is 1.16 bits per heavy atom. The normalized spacial score (nSPS) is 31.9. The van der Waals surface area contributed by atoms with Crippen LogP contribution in [0.4, 0.5) is 8.78 Å². The number of hydrogen-bond acceptors (Lipinski definition) is 1. The van der Waals surface area contributed by atoms with E-state index in [0.717, 1.165) is 24.6 Å². The van der Waals surface area contributed by atoms with Gasteiger partial charge in [0.2, 0.25) is 11.8 Å². The lowest BCUT2D eigenvalue weighted by atomic mass is 9.83. The lowest BCUT2D eigenvalue weighted by molar-refractivity contribution is -0.130. The van der Waals surface area contributed by atoms with Crippen molar-refractivity contribution in [2.75, 3.05) is 5.33 Å². The molecule has 0 radical (unpaired) electrons. The SMILES string of the molecule is O=C(NC1CCCCC1CBr)C1CCC(F)(F)CC1. The standard InChI is InChI=1S/C14H22BrF2NO/c15-9-11-3-1-2-4-12(11)18-13(19)10-5-7-14(16,17)8-6-10/h10-12H,1-9H2,(H,18,19). The fourth-order valence-electron chi connectivity index (χ4n) is 3.19. The molecule has 2 unspecified atom stereocenters. The van der Waals surface area contributed by atoms with E-state index >= 15 is 0 Å². The van der Waals surface area contributed by atoms with Gasteiger partial charge in [-0.05, 0) is 31.6 Å². The summed E-state index contributed by atoms with van der Waals surface area (Å²) in [5.41, 5.74) is 0. The third-order valence-corrected chi connectivity index (χ3v) is 5.35. The highest BCUT2D eigenvalue weighted by atomic mass is 79.9. The molecule has 2 fully saturated rings. The summed E-state index contributed by atoms with van der Waals surface area (Å²) >= 11 is 3.50. The number of rotatable bonds is 3. The Balaban J connectivity index is 1.83. The third kappa shape index (κ3) is 4.14. The molecule has 1 N–H and O–H groups in total. The van der Waals surface area contributed by atoms with Crippen LogP contribution in [0.2, 0.25) is 0 Å². The van der Waals surface area contributed by atoms with Gasteiger partial charge >= 0.3 is 0 Å². The molecular weight excluding hydrogens is 316 g/mol. The molecule has 0 saturated heterocycles. The van der Waals surface area contributed by atoms with Gasteiger partial charge < -0.3 is 5.32 Å². The van der Waals surface area contributed by atoms with E-state index in [9.17, 15) is 13.6 Å². The second-order valence-corrected chi connectivity index (χ2v) is 6.59. The minimum absolute atomic E-state index is 0.00616. The number of amides is 1. The lowest BCUT2D eigenvalue weighted by Crippen LogP contribution is -2.46. The molecule has 0 aromatic rings. The zero-order chi connectivity index (χ0) is 13.9. The molecule has 0 heterocycles. The molecule has 0 aromatic carbocycles. The molecule has 5 heteroatoms. The maximum Gasteiger partial charge on any atom is 0.248 e. The molecule has 2 nitrogen and oxygen atoms in total. The number of carbonyl (C=O) groups is 1. The van der Waals surface area contributed by atoms with Crippen molar-refractivity contribution in [3.8, 4) is 0 Å². The molecule has 2 rings (SSSR count). The lowest BCUT2D eigenvalue weighted by Gasteiger charge is -2.33. The smallest absolute Gasteiger partial charge is 0.248 e. The Morgan fingerprint density at radius 3 is 2.42 bits per heavy atom. The molecule has 1 amide bonds. The minimum Gasteiger partial charge on any atom is -0.353 e. The van der Waals surface area contributed by atoms with E-state index in [2.05, 4.69) is 21.2 Å². The maximum atomic E-state index is 13.1. The highest BCUT2D eigenvalue weighted by Crippen LogP contribution is 2.36. The van der Waals surface area contributed by atoms with Crippen LogP contribution in [0.1, 0.15) is 51.4 Å². The molecule has 0 aliphatic heterocycles. The fourth-order valence-corrected chi connectivity index (χ4v) is 3.96. The summed E-state index contributed by atoms with van der Waals surface area (Å²) < 4.78 is 26.2. The van der Waals surface area contributed by atoms with E-state index in [-0.39, 0.29) is 30.7 Å². The van der Waals surface area contributed by atoms with Crippen molar-refractivity contribution in [2.24, 2.45) is 11.8 Å². The van der Waals surface area contributed by atoms with Crippen molar-refractivity contribution in [1.29, 1.82) is 0 Å². The summed E-state index contributed by atoms with van der Waals surface area (Å²) in [5, 5.41) is 4.01. The van der Waals surface area contributed by atoms with Crippen molar-refractivity contribution < 1.29 is 13.6 Å². The Hall–Kier alpha value is -0.190. The number of nitrogens with one attached hydrogen (secondary N) is 1. The molecule has 2 aliphatic carbocycles. The first-order chi connectivity index (χ1) is 9.02. The summed E-state index contributed by atoms with van der Waals surface area (Å²) in [7, 11) is 0.